The van der Waals surface area contributed by atoms with Crippen LogP contribution in [0.2, 0.25) is 0 Å². The molecule has 12 heteroatoms. The zero-order valence-corrected chi connectivity index (χ0v) is 22.6. The molecule has 0 aliphatic rings. The van der Waals surface area contributed by atoms with Crippen LogP contribution in [0.3, 0.4) is 0 Å². The van der Waals surface area contributed by atoms with Gasteiger partial charge in [0.1, 0.15) is 15.6 Å². The Morgan fingerprint density at radius 1 is 0.725 bits per heavy atom. The van der Waals surface area contributed by atoms with Gasteiger partial charge in [0.25, 0.3) is 20.2 Å². The number of carbonyl (C=O) groups excluding carboxylic acids is 1. The quantitative estimate of drug-likeness (QED) is 0.197. The normalized spacial score (nSPS) is 11.9. The number of carbonyl (C=O) groups is 1. The van der Waals surface area contributed by atoms with Crippen LogP contribution >= 0.6 is 0 Å². The number of methoxy groups -OCH3 is 1. The number of H-pyrrole nitrogens is 1. The average Bonchev–Trinajstić information content (AvgIpc) is 3.48. The number of benzene rings is 4. The predicted molar refractivity (Wildman–Crippen MR) is 147 cm³/mol. The summed E-state index contributed by atoms with van der Waals surface area (Å²) >= 11 is 0. The lowest BCUT2D eigenvalue weighted by atomic mass is 9.73. The Morgan fingerprint density at radius 2 is 1.18 bits per heavy atom. The highest BCUT2D eigenvalue weighted by atomic mass is 32.2. The number of hydrogen-bond donors (Lipinski definition) is 3. The molecule has 1 aromatic heterocycles. The number of esters is 1. The number of aromatic amines is 1. The summed E-state index contributed by atoms with van der Waals surface area (Å²) in [5.41, 5.74) is 0.506. The Labute approximate surface area is 230 Å². The maximum atomic E-state index is 12.9. The molecule has 5 rings (SSSR count). The minimum Gasteiger partial charge on any atom is -0.468 e. The van der Waals surface area contributed by atoms with Crippen molar-refractivity contribution in [2.45, 2.75) is 15.2 Å². The number of imidazole rings is 1. The zero-order valence-electron chi connectivity index (χ0n) is 21.0. The molecule has 0 saturated carbocycles. The molecule has 0 radical (unpaired) electrons. The number of hydrogen-bond acceptors (Lipinski definition) is 7. The summed E-state index contributed by atoms with van der Waals surface area (Å²) in [5, 5.41) is 0.0465. The molecular weight excluding hydrogens is 556 g/mol. The molecule has 0 aliphatic carbocycles. The lowest BCUT2D eigenvalue weighted by Gasteiger charge is -2.30. The Bertz CT molecular complexity index is 1730. The van der Waals surface area contributed by atoms with Gasteiger partial charge in [0, 0.05) is 23.2 Å². The maximum absolute atomic E-state index is 12.9. The topological polar surface area (TPSA) is 164 Å². The maximum Gasteiger partial charge on any atom is 0.328 e. The second kappa shape index (κ2) is 11.4. The van der Waals surface area contributed by atoms with Crippen molar-refractivity contribution < 1.29 is 35.5 Å². The summed E-state index contributed by atoms with van der Waals surface area (Å²) in [4.78, 5) is 19.5. The Kier molecular flexibility index (Phi) is 8.16. The van der Waals surface area contributed by atoms with E-state index in [0.29, 0.717) is 5.82 Å². The third-order valence-electron chi connectivity index (χ3n) is 6.16. The van der Waals surface area contributed by atoms with E-state index in [1.807, 2.05) is 60.7 Å². The SMILES string of the molecule is COC(=O)C(c1ccccc1)(c1ccccc1)c1ncc[nH]1.O=S(=O)(O)c1cccc2c(S(=O)(=O)O)cccc12. The minimum absolute atomic E-state index is 0.0233. The molecule has 10 nitrogen and oxygen atoms in total. The predicted octanol–water partition coefficient (Wildman–Crippen LogP) is 4.25. The fraction of sp³-hybridized carbons (Fsp3) is 0.0714. The van der Waals surface area contributed by atoms with Crippen LogP contribution in [0.15, 0.2) is 119 Å². The van der Waals surface area contributed by atoms with Gasteiger partial charge in [-0.25, -0.2) is 4.98 Å². The van der Waals surface area contributed by atoms with Crippen LogP contribution in [0.5, 0.6) is 0 Å². The number of rotatable bonds is 6. The standard InChI is InChI=1S/C18H16N2O2.C10H8O6S2/c1-22-17(21)18(16-19-12-13-20-16,14-8-4-2-5-9-14)15-10-6-3-7-11-15;11-17(12,13)9-5-1-3-7-8(9)4-2-6-10(7)18(14,15)16/h2-13H,1H3,(H,19,20);1-6H,(H,11,12,13)(H,14,15,16). The molecule has 0 spiro atoms. The van der Waals surface area contributed by atoms with Gasteiger partial charge in [-0.15, -0.1) is 0 Å². The van der Waals surface area contributed by atoms with E-state index >= 15 is 0 Å². The number of fused-ring (bicyclic) bond motifs is 1. The minimum atomic E-state index is -4.47. The average molecular weight is 581 g/mol. The van der Waals surface area contributed by atoms with Gasteiger partial charge in [0.15, 0.2) is 5.41 Å². The molecule has 206 valence electrons. The summed E-state index contributed by atoms with van der Waals surface area (Å²) in [7, 11) is -7.54. The molecule has 0 amide bonds. The van der Waals surface area contributed by atoms with Crippen molar-refractivity contribution in [3.63, 3.8) is 0 Å². The van der Waals surface area contributed by atoms with E-state index in [9.17, 15) is 21.6 Å². The van der Waals surface area contributed by atoms with Gasteiger partial charge in [-0.1, -0.05) is 84.9 Å². The van der Waals surface area contributed by atoms with E-state index in [4.69, 9.17) is 13.8 Å². The van der Waals surface area contributed by atoms with Gasteiger partial charge in [-0.05, 0) is 23.3 Å². The highest BCUT2D eigenvalue weighted by Gasteiger charge is 2.47. The second-order valence-electron chi connectivity index (χ2n) is 8.47. The van der Waals surface area contributed by atoms with Crippen LogP contribution in [0.25, 0.3) is 10.8 Å². The Balaban J connectivity index is 0.000000189. The molecule has 0 aliphatic heterocycles. The first-order valence-corrected chi connectivity index (χ1v) is 14.5. The lowest BCUT2D eigenvalue weighted by molar-refractivity contribution is -0.144. The van der Waals surface area contributed by atoms with Gasteiger partial charge >= 0.3 is 5.97 Å². The molecule has 0 saturated heterocycles. The monoisotopic (exact) mass is 580 g/mol. The van der Waals surface area contributed by atoms with E-state index < -0.39 is 35.4 Å². The van der Waals surface area contributed by atoms with Crippen LogP contribution in [0.1, 0.15) is 17.0 Å². The van der Waals surface area contributed by atoms with Gasteiger partial charge in [0.2, 0.25) is 0 Å². The van der Waals surface area contributed by atoms with E-state index in [0.717, 1.165) is 23.3 Å². The van der Waals surface area contributed by atoms with Crippen molar-refractivity contribution in [2.75, 3.05) is 7.11 Å². The molecular formula is C28H24N2O8S2. The van der Waals surface area contributed by atoms with Gasteiger partial charge in [0.05, 0.1) is 7.11 Å². The van der Waals surface area contributed by atoms with Crippen LogP contribution < -0.4 is 0 Å². The van der Waals surface area contributed by atoms with Crippen molar-refractivity contribution in [3.8, 4) is 0 Å². The van der Waals surface area contributed by atoms with Crippen molar-refractivity contribution in [1.29, 1.82) is 0 Å². The number of nitrogens with zero attached hydrogens (tertiary/aromatic N) is 1. The molecule has 4 aromatic carbocycles. The lowest BCUT2D eigenvalue weighted by Crippen LogP contribution is -2.40. The molecule has 1 heterocycles. The molecule has 0 unspecified atom stereocenters. The summed E-state index contributed by atoms with van der Waals surface area (Å²) in [6.07, 6.45) is 3.35. The van der Waals surface area contributed by atoms with E-state index in [1.165, 1.54) is 31.4 Å². The van der Waals surface area contributed by atoms with Crippen molar-refractivity contribution in [3.05, 3.63) is 126 Å². The third kappa shape index (κ3) is 5.51. The van der Waals surface area contributed by atoms with Crippen molar-refractivity contribution in [2.24, 2.45) is 0 Å². The molecule has 40 heavy (non-hydrogen) atoms. The highest BCUT2D eigenvalue weighted by Crippen LogP contribution is 2.38. The van der Waals surface area contributed by atoms with Gasteiger partial charge in [-0.2, -0.15) is 16.8 Å². The third-order valence-corrected chi connectivity index (χ3v) is 7.98. The number of ether oxygens (including phenoxy) is 1. The first-order valence-electron chi connectivity index (χ1n) is 11.7. The van der Waals surface area contributed by atoms with Crippen LogP contribution in [0.4, 0.5) is 0 Å². The highest BCUT2D eigenvalue weighted by molar-refractivity contribution is 7.86. The number of aromatic nitrogens is 2. The zero-order chi connectivity index (χ0) is 29.0. The summed E-state index contributed by atoms with van der Waals surface area (Å²) in [5.74, 6) is 0.164. The summed E-state index contributed by atoms with van der Waals surface area (Å²) in [6.45, 7) is 0. The molecule has 0 atom stereocenters. The van der Waals surface area contributed by atoms with Crippen LogP contribution in [0, 0.1) is 0 Å². The van der Waals surface area contributed by atoms with Gasteiger partial charge in [-0.3, -0.25) is 13.9 Å². The van der Waals surface area contributed by atoms with E-state index in [1.54, 1.807) is 12.4 Å². The smallest absolute Gasteiger partial charge is 0.328 e. The van der Waals surface area contributed by atoms with Gasteiger partial charge < -0.3 is 9.72 Å². The first-order chi connectivity index (χ1) is 19.0. The molecule has 0 fully saturated rings. The van der Waals surface area contributed by atoms with E-state index in [-0.39, 0.29) is 16.7 Å². The van der Waals surface area contributed by atoms with Crippen LogP contribution in [-0.4, -0.2) is 49.0 Å². The van der Waals surface area contributed by atoms with Crippen molar-refractivity contribution >= 4 is 37.0 Å². The molecule has 5 aromatic rings. The molecule has 3 N–H and O–H groups in total. The Morgan fingerprint density at radius 3 is 1.52 bits per heavy atom. The fourth-order valence-electron chi connectivity index (χ4n) is 4.47. The van der Waals surface area contributed by atoms with Crippen molar-refractivity contribution in [1.82, 2.24) is 9.97 Å². The van der Waals surface area contributed by atoms with E-state index in [2.05, 4.69) is 9.97 Å². The summed E-state index contributed by atoms with van der Waals surface area (Å²) in [6, 6.07) is 26.6. The second-order valence-corrected chi connectivity index (χ2v) is 11.2. The summed E-state index contributed by atoms with van der Waals surface area (Å²) < 4.78 is 67.8. The Hall–Kier alpha value is -4.36. The number of nitrogens with one attached hydrogen (secondary N) is 1. The first kappa shape index (κ1) is 28.6. The van der Waals surface area contributed by atoms with Crippen LogP contribution in [-0.2, 0) is 35.2 Å². The molecule has 0 bridgehead atoms. The fourth-order valence-corrected chi connectivity index (χ4v) is 5.89. The largest absolute Gasteiger partial charge is 0.468 e.